The first-order chi connectivity index (χ1) is 6.02. The average molecular weight is 327 g/mol. The minimum atomic E-state index is -0.509. The van der Waals surface area contributed by atoms with Crippen LogP contribution in [-0.2, 0) is 0 Å². The first kappa shape index (κ1) is 10.9. The van der Waals surface area contributed by atoms with E-state index in [9.17, 15) is 9.59 Å². The van der Waals surface area contributed by atoms with E-state index < -0.39 is 9.64 Å². The van der Waals surface area contributed by atoms with Crippen LogP contribution in [-0.4, -0.2) is 15.4 Å². The monoisotopic (exact) mass is 325 g/mol. The van der Waals surface area contributed by atoms with Gasteiger partial charge >= 0.3 is 0 Å². The lowest BCUT2D eigenvalue weighted by atomic mass is 10.3. The molecule has 0 aliphatic heterocycles. The number of Topliss-reactive ketones (excluding diaryl/α,β-unsaturated/α-hetero) is 1. The van der Waals surface area contributed by atoms with Crippen molar-refractivity contribution in [3.63, 3.8) is 0 Å². The summed E-state index contributed by atoms with van der Waals surface area (Å²) in [4.78, 5) is 22.9. The predicted octanol–water partition coefficient (Wildman–Crippen LogP) is 2.15. The Labute approximate surface area is 95.6 Å². The molecule has 13 heavy (non-hydrogen) atoms. The number of primary amides is 1. The minimum Gasteiger partial charge on any atom is -0.365 e. The van der Waals surface area contributed by atoms with Gasteiger partial charge in [-0.2, -0.15) is 0 Å². The van der Waals surface area contributed by atoms with Gasteiger partial charge in [0.25, 0.3) is 5.91 Å². The highest BCUT2D eigenvalue weighted by Gasteiger charge is 2.16. The lowest BCUT2D eigenvalue weighted by Crippen LogP contribution is -2.08. The van der Waals surface area contributed by atoms with Crippen LogP contribution in [0.5, 0.6) is 0 Å². The summed E-state index contributed by atoms with van der Waals surface area (Å²) in [6.45, 7) is 0. The zero-order valence-corrected chi connectivity index (χ0v) is 10.3. The Kier molecular flexibility index (Phi) is 3.63. The minimum absolute atomic E-state index is 0.113. The molecule has 0 aliphatic carbocycles. The van der Waals surface area contributed by atoms with Gasteiger partial charge in [-0.15, -0.1) is 11.3 Å². The van der Waals surface area contributed by atoms with Crippen LogP contribution < -0.4 is 5.73 Å². The normalized spacial score (nSPS) is 10.4. The van der Waals surface area contributed by atoms with E-state index in [1.54, 1.807) is 12.1 Å². The van der Waals surface area contributed by atoms with Crippen molar-refractivity contribution in [1.82, 2.24) is 0 Å². The van der Waals surface area contributed by atoms with Gasteiger partial charge < -0.3 is 5.73 Å². The van der Waals surface area contributed by atoms with Crippen molar-refractivity contribution < 1.29 is 9.59 Å². The summed E-state index contributed by atoms with van der Waals surface area (Å²) in [6, 6.07) is 3.13. The first-order valence-electron chi connectivity index (χ1n) is 3.24. The highest BCUT2D eigenvalue weighted by molar-refractivity contribution is 9.25. The second-order valence-electron chi connectivity index (χ2n) is 2.19. The van der Waals surface area contributed by atoms with Crippen molar-refractivity contribution in [3.05, 3.63) is 21.9 Å². The number of ketones is 1. The zero-order valence-electron chi connectivity index (χ0n) is 6.29. The molecule has 70 valence electrons. The molecule has 1 rings (SSSR count). The smallest absolute Gasteiger partial charge is 0.258 e. The molecule has 3 nitrogen and oxygen atoms in total. The average Bonchev–Trinajstić information content (AvgIpc) is 2.50. The molecule has 0 atom stereocenters. The SMILES string of the molecule is NC(=O)c1ccc(C(=O)C(Br)Br)s1. The third-order valence-electron chi connectivity index (χ3n) is 1.29. The summed E-state index contributed by atoms with van der Waals surface area (Å²) in [6.07, 6.45) is 0. The van der Waals surface area contributed by atoms with E-state index in [1.165, 1.54) is 0 Å². The molecule has 1 heterocycles. The number of hydrogen-bond acceptors (Lipinski definition) is 3. The van der Waals surface area contributed by atoms with Crippen molar-refractivity contribution in [2.45, 2.75) is 3.74 Å². The number of alkyl halides is 2. The van der Waals surface area contributed by atoms with Crippen LogP contribution in [0, 0.1) is 0 Å². The molecule has 0 unspecified atom stereocenters. The first-order valence-corrected chi connectivity index (χ1v) is 5.89. The molecule has 0 aliphatic rings. The number of rotatable bonds is 3. The molecule has 1 aromatic rings. The van der Waals surface area contributed by atoms with Gasteiger partial charge in [0.05, 0.1) is 9.75 Å². The highest BCUT2D eigenvalue weighted by atomic mass is 79.9. The zero-order chi connectivity index (χ0) is 10.0. The summed E-state index contributed by atoms with van der Waals surface area (Å²) in [7, 11) is 0. The van der Waals surface area contributed by atoms with E-state index in [0.717, 1.165) is 11.3 Å². The Balaban J connectivity index is 2.92. The van der Waals surface area contributed by atoms with Crippen molar-refractivity contribution in [1.29, 1.82) is 0 Å². The van der Waals surface area contributed by atoms with Crippen LogP contribution >= 0.6 is 43.2 Å². The van der Waals surface area contributed by atoms with Crippen LogP contribution in [0.1, 0.15) is 19.3 Å². The van der Waals surface area contributed by atoms with Crippen LogP contribution in [0.15, 0.2) is 12.1 Å². The molecule has 0 saturated heterocycles. The number of carbonyl (C=O) groups excluding carboxylic acids is 2. The van der Waals surface area contributed by atoms with Gasteiger partial charge in [-0.3, -0.25) is 9.59 Å². The number of thiophene rings is 1. The van der Waals surface area contributed by atoms with E-state index in [4.69, 9.17) is 5.73 Å². The summed E-state index contributed by atoms with van der Waals surface area (Å²) < 4.78 is -0.417. The van der Waals surface area contributed by atoms with Gasteiger partial charge in [-0.05, 0) is 12.1 Å². The third kappa shape index (κ3) is 2.62. The quantitative estimate of drug-likeness (QED) is 0.683. The van der Waals surface area contributed by atoms with E-state index >= 15 is 0 Å². The fourth-order valence-corrected chi connectivity index (χ4v) is 2.33. The van der Waals surface area contributed by atoms with Gasteiger partial charge in [0.15, 0.2) is 5.78 Å². The number of carbonyl (C=O) groups is 2. The van der Waals surface area contributed by atoms with Gasteiger partial charge in [0, 0.05) is 0 Å². The van der Waals surface area contributed by atoms with Gasteiger partial charge in [-0.1, -0.05) is 31.9 Å². The third-order valence-corrected chi connectivity index (χ3v) is 3.24. The molecule has 0 aromatic carbocycles. The van der Waals surface area contributed by atoms with E-state index in [1.807, 2.05) is 0 Å². The number of hydrogen-bond donors (Lipinski definition) is 1. The Morgan fingerprint density at radius 3 is 2.23 bits per heavy atom. The molecule has 0 fully saturated rings. The Hall–Kier alpha value is -0.200. The molecular formula is C7H5Br2NO2S. The summed E-state index contributed by atoms with van der Waals surface area (Å²) in [5.74, 6) is -0.623. The number of nitrogens with two attached hydrogens (primary N) is 1. The summed E-state index contributed by atoms with van der Waals surface area (Å²) in [5.41, 5.74) is 5.04. The topological polar surface area (TPSA) is 60.2 Å². The van der Waals surface area contributed by atoms with E-state index in [-0.39, 0.29) is 5.78 Å². The number of amides is 1. The van der Waals surface area contributed by atoms with Crippen LogP contribution in [0.4, 0.5) is 0 Å². The Morgan fingerprint density at radius 2 is 1.85 bits per heavy atom. The second kappa shape index (κ2) is 4.34. The second-order valence-corrected chi connectivity index (χ2v) is 6.34. The molecule has 0 bridgehead atoms. The molecule has 0 radical (unpaired) electrons. The van der Waals surface area contributed by atoms with Gasteiger partial charge in [0.1, 0.15) is 3.74 Å². The van der Waals surface area contributed by atoms with Crippen LogP contribution in [0.3, 0.4) is 0 Å². The highest BCUT2D eigenvalue weighted by Crippen LogP contribution is 2.22. The van der Waals surface area contributed by atoms with Crippen molar-refractivity contribution in [3.8, 4) is 0 Å². The largest absolute Gasteiger partial charge is 0.365 e. The van der Waals surface area contributed by atoms with Crippen LogP contribution in [0.25, 0.3) is 0 Å². The molecule has 0 spiro atoms. The maximum atomic E-state index is 11.3. The lowest BCUT2D eigenvalue weighted by molar-refractivity contribution is 0.100. The van der Waals surface area contributed by atoms with Crippen LogP contribution in [0.2, 0.25) is 0 Å². The molecular weight excluding hydrogens is 322 g/mol. The van der Waals surface area contributed by atoms with Crippen molar-refractivity contribution in [2.75, 3.05) is 0 Å². The van der Waals surface area contributed by atoms with E-state index in [0.29, 0.717) is 9.75 Å². The molecule has 0 saturated carbocycles. The molecule has 1 amide bonds. The van der Waals surface area contributed by atoms with Crippen molar-refractivity contribution >= 4 is 54.9 Å². The van der Waals surface area contributed by atoms with E-state index in [2.05, 4.69) is 31.9 Å². The lowest BCUT2D eigenvalue weighted by Gasteiger charge is -1.95. The fourth-order valence-electron chi connectivity index (χ4n) is 0.710. The molecule has 2 N–H and O–H groups in total. The summed E-state index contributed by atoms with van der Waals surface area (Å²) in [5, 5.41) is 0. The standard InChI is InChI=1S/C7H5Br2NO2S/c8-6(9)5(11)3-1-2-4(13-3)7(10)12/h1-2,6H,(H2,10,12). The maximum Gasteiger partial charge on any atom is 0.258 e. The fraction of sp³-hybridized carbons (Fsp3) is 0.143. The van der Waals surface area contributed by atoms with Crippen molar-refractivity contribution in [2.24, 2.45) is 5.73 Å². The molecule has 1 aromatic heterocycles. The molecule has 6 heteroatoms. The van der Waals surface area contributed by atoms with Gasteiger partial charge in [-0.25, -0.2) is 0 Å². The van der Waals surface area contributed by atoms with Gasteiger partial charge in [0.2, 0.25) is 0 Å². The summed E-state index contributed by atoms with van der Waals surface area (Å²) >= 11 is 7.25. The Bertz CT molecular complexity index is 348. The Morgan fingerprint density at radius 1 is 1.31 bits per heavy atom. The number of halogens is 2. The maximum absolute atomic E-state index is 11.3. The predicted molar refractivity (Wildman–Crippen MR) is 58.8 cm³/mol.